The summed E-state index contributed by atoms with van der Waals surface area (Å²) in [5, 5.41) is 2.71. The summed E-state index contributed by atoms with van der Waals surface area (Å²) in [5.74, 6) is -1.23. The summed E-state index contributed by atoms with van der Waals surface area (Å²) in [4.78, 5) is 30.8. The van der Waals surface area contributed by atoms with Gasteiger partial charge in [-0.1, -0.05) is 0 Å². The van der Waals surface area contributed by atoms with Crippen molar-refractivity contribution < 1.29 is 18.0 Å². The predicted molar refractivity (Wildman–Crippen MR) is 122 cm³/mol. The number of piperidine rings is 1. The number of pyridine rings is 2. The molecule has 0 saturated carbocycles. The summed E-state index contributed by atoms with van der Waals surface area (Å²) in [6, 6.07) is 9.79. The summed E-state index contributed by atoms with van der Waals surface area (Å²) in [5.41, 5.74) is 1.90. The number of hydrogen-bond donors (Lipinski definition) is 1. The monoisotopic (exact) mass is 456 g/mol. The fraction of sp³-hybridized carbons (Fsp3) is 0.375. The molecule has 0 radical (unpaired) electrons. The van der Waals surface area contributed by atoms with Gasteiger partial charge in [0.2, 0.25) is 0 Å². The number of halogens is 2. The van der Waals surface area contributed by atoms with Crippen LogP contribution in [0.1, 0.15) is 38.5 Å². The molecule has 2 amide bonds. The van der Waals surface area contributed by atoms with E-state index < -0.39 is 12.0 Å². The van der Waals surface area contributed by atoms with Crippen molar-refractivity contribution in [1.29, 1.82) is 0 Å². The molecule has 174 valence electrons. The Bertz CT molecular complexity index is 1220. The highest BCUT2D eigenvalue weighted by molar-refractivity contribution is 5.90. The van der Waals surface area contributed by atoms with E-state index >= 15 is 0 Å². The number of aromatic nitrogens is 2. The molecule has 1 fully saturated rings. The number of furan rings is 1. The summed E-state index contributed by atoms with van der Waals surface area (Å²) in [6.45, 7) is 5.64. The van der Waals surface area contributed by atoms with Gasteiger partial charge in [0, 0.05) is 55.4 Å². The molecule has 0 atom stereocenters. The first kappa shape index (κ1) is 22.7. The minimum absolute atomic E-state index is 0.0160. The second kappa shape index (κ2) is 8.80. The fourth-order valence-electron chi connectivity index (χ4n) is 3.80. The molecule has 3 aromatic heterocycles. The molecule has 1 N–H and O–H groups in total. The minimum atomic E-state index is -2.73. The van der Waals surface area contributed by atoms with E-state index in [1.165, 1.54) is 11.0 Å². The van der Waals surface area contributed by atoms with E-state index in [4.69, 9.17) is 4.42 Å². The van der Waals surface area contributed by atoms with E-state index in [9.17, 15) is 18.4 Å². The Kier molecular flexibility index (Phi) is 6.05. The molecule has 0 aliphatic carbocycles. The number of hydrogen-bond acceptors (Lipinski definition) is 4. The van der Waals surface area contributed by atoms with E-state index in [0.29, 0.717) is 17.2 Å². The third-order valence-corrected chi connectivity index (χ3v) is 5.69. The molecule has 1 aliphatic rings. The van der Waals surface area contributed by atoms with Crippen LogP contribution < -0.4 is 10.9 Å². The molecule has 4 rings (SSSR count). The topological polar surface area (TPSA) is 80.4 Å². The summed E-state index contributed by atoms with van der Waals surface area (Å²) in [7, 11) is 0. The largest absolute Gasteiger partial charge is 0.460 e. The molecular weight excluding hydrogens is 430 g/mol. The second-order valence-corrected chi connectivity index (χ2v) is 8.53. The van der Waals surface area contributed by atoms with Gasteiger partial charge in [0.15, 0.2) is 5.76 Å². The number of rotatable bonds is 4. The standard InChI is InChI=1S/C24H26F2N4O3/c1-15(2)30-14-17(5-9-21(30)31)18-6-8-20(27-22(18)19-7-4-16(3)33-19)28-23(32)29-12-10-24(25,26)11-13-29/h4-9,14-15H,10-13H2,1-3H3,(H,27,28,32). The highest BCUT2D eigenvalue weighted by Gasteiger charge is 2.35. The van der Waals surface area contributed by atoms with Crippen molar-refractivity contribution in [3.05, 3.63) is 58.7 Å². The molecular formula is C24H26F2N4O3. The molecule has 1 aliphatic heterocycles. The van der Waals surface area contributed by atoms with Crippen molar-refractivity contribution >= 4 is 11.8 Å². The maximum Gasteiger partial charge on any atom is 0.323 e. The molecule has 7 nitrogen and oxygen atoms in total. The zero-order chi connectivity index (χ0) is 23.8. The smallest absolute Gasteiger partial charge is 0.323 e. The molecule has 4 heterocycles. The van der Waals surface area contributed by atoms with Gasteiger partial charge in [-0.25, -0.2) is 18.6 Å². The average molecular weight is 456 g/mol. The summed E-state index contributed by atoms with van der Waals surface area (Å²) in [6.07, 6.45) is 1.07. The predicted octanol–water partition coefficient (Wildman–Crippen LogP) is 5.32. The average Bonchev–Trinajstić information content (AvgIpc) is 3.20. The lowest BCUT2D eigenvalue weighted by Crippen LogP contribution is -2.44. The van der Waals surface area contributed by atoms with Gasteiger partial charge in [-0.15, -0.1) is 0 Å². The number of amides is 2. The number of carbonyl (C=O) groups is 1. The lowest BCUT2D eigenvalue weighted by Gasteiger charge is -2.31. The number of alkyl halides is 2. The Morgan fingerprint density at radius 1 is 1.12 bits per heavy atom. The number of urea groups is 1. The fourth-order valence-corrected chi connectivity index (χ4v) is 3.80. The van der Waals surface area contributed by atoms with Crippen LogP contribution in [-0.2, 0) is 0 Å². The third-order valence-electron chi connectivity index (χ3n) is 5.69. The van der Waals surface area contributed by atoms with Crippen molar-refractivity contribution in [2.75, 3.05) is 18.4 Å². The minimum Gasteiger partial charge on any atom is -0.460 e. The SMILES string of the molecule is Cc1ccc(-c2nc(NC(=O)N3CCC(F)(F)CC3)ccc2-c2ccc(=O)n(C(C)C)c2)o1. The lowest BCUT2D eigenvalue weighted by molar-refractivity contribution is -0.0461. The highest BCUT2D eigenvalue weighted by atomic mass is 19.3. The van der Waals surface area contributed by atoms with Crippen LogP contribution in [0.15, 0.2) is 51.8 Å². The number of nitrogens with one attached hydrogen (secondary N) is 1. The van der Waals surface area contributed by atoms with Gasteiger partial charge in [0.25, 0.3) is 11.5 Å². The molecule has 3 aromatic rings. The van der Waals surface area contributed by atoms with Crippen molar-refractivity contribution in [3.8, 4) is 22.6 Å². The van der Waals surface area contributed by atoms with Crippen LogP contribution in [0.4, 0.5) is 19.4 Å². The number of anilines is 1. The quantitative estimate of drug-likeness (QED) is 0.576. The zero-order valence-corrected chi connectivity index (χ0v) is 18.8. The van der Waals surface area contributed by atoms with Gasteiger partial charge < -0.3 is 13.9 Å². The van der Waals surface area contributed by atoms with Crippen LogP contribution in [0, 0.1) is 6.92 Å². The molecule has 0 spiro atoms. The van der Waals surface area contributed by atoms with E-state index in [0.717, 1.165) is 11.1 Å². The van der Waals surface area contributed by atoms with E-state index in [1.54, 1.807) is 35.0 Å². The van der Waals surface area contributed by atoms with Crippen LogP contribution in [-0.4, -0.2) is 39.5 Å². The summed E-state index contributed by atoms with van der Waals surface area (Å²) >= 11 is 0. The Balaban J connectivity index is 1.68. The maximum absolute atomic E-state index is 13.4. The van der Waals surface area contributed by atoms with Gasteiger partial charge in [-0.2, -0.15) is 0 Å². The van der Waals surface area contributed by atoms with Crippen molar-refractivity contribution in [2.45, 2.75) is 45.6 Å². The van der Waals surface area contributed by atoms with E-state index in [2.05, 4.69) is 10.3 Å². The first-order chi connectivity index (χ1) is 15.6. The van der Waals surface area contributed by atoms with Gasteiger partial charge in [-0.05, 0) is 51.1 Å². The molecule has 0 aromatic carbocycles. The molecule has 33 heavy (non-hydrogen) atoms. The zero-order valence-electron chi connectivity index (χ0n) is 18.8. The van der Waals surface area contributed by atoms with E-state index in [1.807, 2.05) is 26.8 Å². The molecule has 1 saturated heterocycles. The lowest BCUT2D eigenvalue weighted by atomic mass is 10.0. The Labute approximate surface area is 190 Å². The van der Waals surface area contributed by atoms with E-state index in [-0.39, 0.29) is 43.4 Å². The van der Waals surface area contributed by atoms with Crippen molar-refractivity contribution in [2.24, 2.45) is 0 Å². The molecule has 9 heteroatoms. The first-order valence-electron chi connectivity index (χ1n) is 10.9. The van der Waals surface area contributed by atoms with Crippen LogP contribution in [0.2, 0.25) is 0 Å². The first-order valence-corrected chi connectivity index (χ1v) is 10.9. The Hall–Kier alpha value is -3.49. The Morgan fingerprint density at radius 3 is 2.48 bits per heavy atom. The molecule has 0 unspecified atom stereocenters. The van der Waals surface area contributed by atoms with Crippen LogP contribution in [0.3, 0.4) is 0 Å². The van der Waals surface area contributed by atoms with Crippen LogP contribution in [0.25, 0.3) is 22.6 Å². The normalized spacial score (nSPS) is 15.6. The summed E-state index contributed by atoms with van der Waals surface area (Å²) < 4.78 is 34.3. The Morgan fingerprint density at radius 2 is 1.85 bits per heavy atom. The number of carbonyl (C=O) groups excluding carboxylic acids is 1. The van der Waals surface area contributed by atoms with Crippen LogP contribution >= 0.6 is 0 Å². The van der Waals surface area contributed by atoms with Gasteiger partial charge in [0.05, 0.1) is 0 Å². The number of nitrogens with zero attached hydrogens (tertiary/aromatic N) is 3. The third kappa shape index (κ3) is 4.97. The molecule has 0 bridgehead atoms. The van der Waals surface area contributed by atoms with Gasteiger partial charge in [0.1, 0.15) is 17.3 Å². The van der Waals surface area contributed by atoms with Crippen molar-refractivity contribution in [1.82, 2.24) is 14.5 Å². The van der Waals surface area contributed by atoms with Crippen LogP contribution in [0.5, 0.6) is 0 Å². The van der Waals surface area contributed by atoms with Gasteiger partial charge >= 0.3 is 6.03 Å². The van der Waals surface area contributed by atoms with Crippen molar-refractivity contribution in [3.63, 3.8) is 0 Å². The highest BCUT2D eigenvalue weighted by Crippen LogP contribution is 2.33. The number of likely N-dealkylation sites (tertiary alicyclic amines) is 1. The van der Waals surface area contributed by atoms with Gasteiger partial charge in [-0.3, -0.25) is 10.1 Å². The maximum atomic E-state index is 13.4. The second-order valence-electron chi connectivity index (χ2n) is 8.53. The number of aryl methyl sites for hydroxylation is 1.